The smallest absolute Gasteiger partial charge is 0.327 e. The SMILES string of the molecule is CP(=O)(O)C(C(=O)C/C=C/c1ccccc1NC(=O)NC(N)=O)c1csc2ccc(Cl)cc12.CP(=O)(O)C(C(=O)C/C=C/c1ccccc1NC(N)=O)c1csc2ccc(Cl)cc12.C[Si](C)(C)Br. The first-order chi connectivity index (χ1) is 31.7. The molecule has 2 heterocycles. The van der Waals surface area contributed by atoms with Gasteiger partial charge in [0.05, 0.1) is 0 Å². The average molecular weight is 1120 g/mol. The first kappa shape index (κ1) is 55.9. The highest BCUT2D eigenvalue weighted by atomic mass is 79.9. The zero-order valence-electron chi connectivity index (χ0n) is 37.4. The minimum absolute atomic E-state index is 0.0497. The van der Waals surface area contributed by atoms with Gasteiger partial charge >= 0.3 is 18.1 Å². The number of rotatable bonds is 14. The number of allylic oxidation sites excluding steroid dienone is 2. The number of hydrogen-bond donors (Lipinski definition) is 7. The number of Topliss-reactive ketones (excluding diaryl/α,β-unsaturated/α-hetero) is 2. The normalized spacial score (nSPS) is 14.1. The summed E-state index contributed by atoms with van der Waals surface area (Å²) in [6.45, 7) is 8.29. The maximum absolute atomic E-state index is 13.0. The van der Waals surface area contributed by atoms with Crippen molar-refractivity contribution in [2.75, 3.05) is 24.0 Å². The summed E-state index contributed by atoms with van der Waals surface area (Å²) in [7, 11) is -7.60. The minimum atomic E-state index is -3.82. The van der Waals surface area contributed by atoms with E-state index in [1.54, 1.807) is 108 Å². The van der Waals surface area contributed by atoms with Crippen molar-refractivity contribution in [1.82, 2.24) is 5.32 Å². The molecule has 360 valence electrons. The van der Waals surface area contributed by atoms with Gasteiger partial charge in [-0.25, -0.2) is 14.4 Å². The van der Waals surface area contributed by atoms with Crippen LogP contribution in [-0.2, 0) is 18.7 Å². The van der Waals surface area contributed by atoms with E-state index < -0.39 is 56.6 Å². The summed E-state index contributed by atoms with van der Waals surface area (Å²) in [5.74, 6) is -0.796. The molecule has 0 aliphatic carbocycles. The first-order valence-corrected chi connectivity index (χ1v) is 33.0. The van der Waals surface area contributed by atoms with Gasteiger partial charge < -0.3 is 31.9 Å². The van der Waals surface area contributed by atoms with E-state index in [4.69, 9.17) is 34.7 Å². The molecule has 6 amide bonds. The lowest BCUT2D eigenvalue weighted by molar-refractivity contribution is -0.119. The number of nitrogens with two attached hydrogens (primary N) is 2. The quantitative estimate of drug-likeness (QED) is 0.0311. The molecule has 0 fully saturated rings. The van der Waals surface area contributed by atoms with Crippen LogP contribution in [0.2, 0.25) is 29.7 Å². The van der Waals surface area contributed by atoms with Crippen LogP contribution < -0.4 is 27.4 Å². The van der Waals surface area contributed by atoms with Crippen molar-refractivity contribution >= 4 is 156 Å². The van der Waals surface area contributed by atoms with Gasteiger partial charge in [-0.05, 0) is 92.3 Å². The molecule has 0 aliphatic heterocycles. The molecular weight excluding hydrogens is 1070 g/mol. The third-order valence-electron chi connectivity index (χ3n) is 9.19. The summed E-state index contributed by atoms with van der Waals surface area (Å²) in [5, 5.41) is 12.7. The van der Waals surface area contributed by atoms with Gasteiger partial charge in [0, 0.05) is 57.0 Å². The molecular formula is C46H50BrCl2N5O9P2S2Si. The predicted octanol–water partition coefficient (Wildman–Crippen LogP) is 13.2. The Balaban J connectivity index is 0.000000271. The number of imide groups is 1. The Morgan fingerprint density at radius 1 is 0.676 bits per heavy atom. The second-order valence-electron chi connectivity index (χ2n) is 16.2. The second-order valence-corrected chi connectivity index (χ2v) is 34.9. The third-order valence-corrected chi connectivity index (χ3v) is 14.7. The van der Waals surface area contributed by atoms with E-state index in [0.717, 1.165) is 9.40 Å². The van der Waals surface area contributed by atoms with Crippen molar-refractivity contribution in [3.63, 3.8) is 0 Å². The summed E-state index contributed by atoms with van der Waals surface area (Å²) < 4.78 is 27.0. The molecule has 0 radical (unpaired) electrons. The molecule has 68 heavy (non-hydrogen) atoms. The summed E-state index contributed by atoms with van der Waals surface area (Å²) in [6, 6.07) is 21.7. The number of urea groups is 3. The summed E-state index contributed by atoms with van der Waals surface area (Å²) in [4.78, 5) is 80.4. The zero-order valence-corrected chi connectivity index (χ0v) is 44.9. The van der Waals surface area contributed by atoms with Crippen LogP contribution in [0.1, 0.15) is 46.4 Å². The number of carbonyl (C=O) groups excluding carboxylic acids is 5. The molecule has 0 bridgehead atoms. The van der Waals surface area contributed by atoms with Gasteiger partial charge in [0.2, 0.25) is 14.7 Å². The first-order valence-electron chi connectivity index (χ1n) is 20.4. The van der Waals surface area contributed by atoms with Crippen LogP contribution >= 0.6 is 75.9 Å². The van der Waals surface area contributed by atoms with Gasteiger partial charge in [-0.1, -0.05) is 104 Å². The van der Waals surface area contributed by atoms with Crippen LogP contribution in [0, 0.1) is 0 Å². The Bertz CT molecular complexity index is 2980. The molecule has 6 aromatic rings. The summed E-state index contributed by atoms with van der Waals surface area (Å²) >= 11 is 18.5. The van der Waals surface area contributed by atoms with Gasteiger partial charge in [-0.2, -0.15) is 0 Å². The fourth-order valence-electron chi connectivity index (χ4n) is 6.60. The number of para-hydroxylation sites is 2. The van der Waals surface area contributed by atoms with E-state index in [1.165, 1.54) is 36.0 Å². The van der Waals surface area contributed by atoms with E-state index in [0.29, 0.717) is 54.4 Å². The van der Waals surface area contributed by atoms with Crippen LogP contribution in [0.3, 0.4) is 0 Å². The summed E-state index contributed by atoms with van der Waals surface area (Å²) in [5.41, 5.74) is 10.9. The predicted molar refractivity (Wildman–Crippen MR) is 288 cm³/mol. The van der Waals surface area contributed by atoms with Gasteiger partial charge in [0.15, 0.2) is 11.6 Å². The monoisotopic (exact) mass is 1120 g/mol. The van der Waals surface area contributed by atoms with Crippen LogP contribution in [0.5, 0.6) is 0 Å². The molecule has 4 aromatic carbocycles. The fraction of sp³-hybridized carbons (Fsp3) is 0.196. The number of nitrogens with one attached hydrogen (secondary N) is 3. The molecule has 6 rings (SSSR count). The number of amides is 6. The van der Waals surface area contributed by atoms with Gasteiger partial charge in [-0.3, -0.25) is 24.0 Å². The Kier molecular flexibility index (Phi) is 20.3. The number of primary amides is 2. The zero-order chi connectivity index (χ0) is 50.6. The van der Waals surface area contributed by atoms with E-state index in [1.807, 2.05) is 17.4 Å². The lowest BCUT2D eigenvalue weighted by Gasteiger charge is -2.18. The number of ketones is 2. The number of thiophene rings is 2. The number of hydrogen-bond acceptors (Lipinski definition) is 9. The lowest BCUT2D eigenvalue weighted by atomic mass is 10.0. The molecule has 2 aromatic heterocycles. The topological polar surface area (TPSA) is 248 Å². The van der Waals surface area contributed by atoms with Crippen molar-refractivity contribution in [2.24, 2.45) is 11.5 Å². The standard InChI is InChI=1S/C22H21ClN3O5PS.C21H20ClN2O4PS.C3H9BrSi/c1-32(30,31)20(16-12-33-19-10-9-14(23)11-15(16)19)18(27)8-4-6-13-5-2-3-7-17(13)25-22(29)26-21(24)28;1-29(27,28)20(16-12-30-19-10-9-14(22)11-15(16)19)18(25)8-4-6-13-5-2-3-7-17(13)24-21(23)26;1-5(2,3)4/h2-7,9-12,20H,8H2,1H3,(H,30,31)(H4,24,25,26,28,29);2-7,9-12,20H,8H2,1H3,(H,27,28)(H3,23,24,26);1-3H3/b2*6-4+;. The maximum Gasteiger partial charge on any atom is 0.327 e. The molecule has 4 unspecified atom stereocenters. The Morgan fingerprint density at radius 3 is 1.43 bits per heavy atom. The van der Waals surface area contributed by atoms with E-state index in [2.05, 4.69) is 45.6 Å². The number of anilines is 2. The molecule has 0 aliphatic rings. The van der Waals surface area contributed by atoms with Crippen LogP contribution in [0.4, 0.5) is 25.8 Å². The van der Waals surface area contributed by atoms with Gasteiger partial charge in [-0.15, -0.1) is 38.0 Å². The highest BCUT2D eigenvalue weighted by molar-refractivity contribution is 9.26. The second kappa shape index (κ2) is 24.7. The van der Waals surface area contributed by atoms with Crippen molar-refractivity contribution < 1.29 is 42.9 Å². The van der Waals surface area contributed by atoms with Crippen LogP contribution in [-0.4, -0.2) is 59.5 Å². The van der Waals surface area contributed by atoms with E-state index >= 15 is 0 Å². The minimum Gasteiger partial charge on any atom is -0.351 e. The molecule has 9 N–H and O–H groups in total. The largest absolute Gasteiger partial charge is 0.351 e. The Morgan fingerprint density at radius 2 is 1.06 bits per heavy atom. The van der Waals surface area contributed by atoms with E-state index in [-0.39, 0.29) is 18.6 Å². The van der Waals surface area contributed by atoms with E-state index in [9.17, 15) is 42.9 Å². The highest BCUT2D eigenvalue weighted by Gasteiger charge is 2.36. The Labute approximate surface area is 420 Å². The van der Waals surface area contributed by atoms with Gasteiger partial charge in [0.1, 0.15) is 18.0 Å². The molecule has 14 nitrogen and oxygen atoms in total. The lowest BCUT2D eigenvalue weighted by Crippen LogP contribution is -2.38. The molecule has 0 saturated carbocycles. The molecule has 22 heteroatoms. The maximum atomic E-state index is 13.0. The number of carbonyl (C=O) groups is 5. The number of benzene rings is 4. The Hall–Kier alpha value is -4.71. The van der Waals surface area contributed by atoms with Crippen LogP contribution in [0.25, 0.3) is 32.3 Å². The average Bonchev–Trinajstić information content (AvgIpc) is 3.80. The van der Waals surface area contributed by atoms with Crippen molar-refractivity contribution in [2.45, 2.75) is 43.8 Å². The van der Waals surface area contributed by atoms with Crippen molar-refractivity contribution in [3.05, 3.63) is 140 Å². The number of fused-ring (bicyclic) bond motifs is 2. The highest BCUT2D eigenvalue weighted by Crippen LogP contribution is 2.56. The van der Waals surface area contributed by atoms with Crippen LogP contribution in [0.15, 0.2) is 108 Å². The molecule has 0 spiro atoms. The van der Waals surface area contributed by atoms with Crippen molar-refractivity contribution in [3.8, 4) is 0 Å². The van der Waals surface area contributed by atoms with Gasteiger partial charge in [0.25, 0.3) is 0 Å². The summed E-state index contributed by atoms with van der Waals surface area (Å²) in [6.07, 6.45) is 6.28. The molecule has 0 saturated heterocycles. The van der Waals surface area contributed by atoms with Crippen molar-refractivity contribution in [1.29, 1.82) is 0 Å². The fourth-order valence-corrected chi connectivity index (χ4v) is 11.8. The molecule has 4 atom stereocenters. The number of halogens is 3. The third kappa shape index (κ3) is 17.4.